The maximum Gasteiger partial charge on any atom is 0.407 e. The summed E-state index contributed by atoms with van der Waals surface area (Å²) in [6.45, 7) is 9.29. The van der Waals surface area contributed by atoms with Gasteiger partial charge in [-0.2, -0.15) is 0 Å². The zero-order valence-electron chi connectivity index (χ0n) is 28.3. The number of rotatable bonds is 13. The van der Waals surface area contributed by atoms with Crippen molar-refractivity contribution in [2.45, 2.75) is 59.5 Å². The fourth-order valence-electron chi connectivity index (χ4n) is 6.32. The van der Waals surface area contributed by atoms with Crippen molar-refractivity contribution in [3.8, 4) is 27.4 Å². The van der Waals surface area contributed by atoms with Gasteiger partial charge in [0.2, 0.25) is 0 Å². The number of alkyl carbamates (subject to hydrolysis) is 1. The quantitative estimate of drug-likeness (QED) is 0.0988. The molecule has 0 aliphatic heterocycles. The number of unbranched alkanes of at least 4 members (excludes halogenated alkanes) is 1. The highest BCUT2D eigenvalue weighted by Crippen LogP contribution is 2.44. The van der Waals surface area contributed by atoms with Gasteiger partial charge in [-0.1, -0.05) is 81.8 Å². The van der Waals surface area contributed by atoms with Crippen LogP contribution in [0.1, 0.15) is 73.8 Å². The van der Waals surface area contributed by atoms with Crippen molar-refractivity contribution in [3.63, 3.8) is 0 Å². The molecule has 10 heteroatoms. The van der Waals surface area contributed by atoms with Gasteiger partial charge in [0.05, 0.1) is 30.8 Å². The maximum absolute atomic E-state index is 14.0. The third-order valence-corrected chi connectivity index (χ3v) is 9.49. The smallest absolute Gasteiger partial charge is 0.407 e. The maximum atomic E-state index is 14.0. The first-order valence-corrected chi connectivity index (χ1v) is 17.7. The van der Waals surface area contributed by atoms with Crippen LogP contribution in [-0.2, 0) is 22.6 Å². The number of fused-ring (bicyclic) bond motifs is 4. The highest BCUT2D eigenvalue weighted by molar-refractivity contribution is 7.13. The molecule has 2 aromatic heterocycles. The van der Waals surface area contributed by atoms with Gasteiger partial charge in [-0.25, -0.2) is 14.6 Å². The molecule has 0 atom stereocenters. The van der Waals surface area contributed by atoms with Gasteiger partial charge >= 0.3 is 12.1 Å². The van der Waals surface area contributed by atoms with E-state index in [1.54, 1.807) is 22.9 Å². The van der Waals surface area contributed by atoms with Gasteiger partial charge in [-0.3, -0.25) is 4.79 Å². The Morgan fingerprint density at radius 2 is 1.67 bits per heavy atom. The zero-order valence-corrected chi connectivity index (χ0v) is 29.1. The Kier molecular flexibility index (Phi) is 10.4. The number of thiazole rings is 1. The molecule has 0 unspecified atom stereocenters. The van der Waals surface area contributed by atoms with E-state index in [1.165, 1.54) is 11.3 Å². The Labute approximate surface area is 289 Å². The molecular weight excluding hydrogens is 639 g/mol. The largest absolute Gasteiger partial charge is 0.491 e. The second-order valence-electron chi connectivity index (χ2n) is 12.5. The second kappa shape index (κ2) is 15.1. The molecule has 0 fully saturated rings. The molecule has 0 spiro atoms. The Morgan fingerprint density at radius 3 is 2.35 bits per heavy atom. The molecule has 3 aromatic carbocycles. The van der Waals surface area contributed by atoms with Crippen molar-refractivity contribution in [1.29, 1.82) is 0 Å². The summed E-state index contributed by atoms with van der Waals surface area (Å²) in [6, 6.07) is 21.9. The summed E-state index contributed by atoms with van der Waals surface area (Å²) in [7, 11) is 0. The minimum atomic E-state index is -0.576. The van der Waals surface area contributed by atoms with Gasteiger partial charge in [-0.05, 0) is 53.6 Å². The van der Waals surface area contributed by atoms with E-state index >= 15 is 0 Å². The fourth-order valence-corrected chi connectivity index (χ4v) is 7.11. The molecule has 1 aliphatic rings. The number of carbonyl (C=O) groups excluding carboxylic acids is 2. The van der Waals surface area contributed by atoms with Crippen LogP contribution in [0.5, 0.6) is 5.75 Å². The second-order valence-corrected chi connectivity index (χ2v) is 13.3. The first kappa shape index (κ1) is 33.9. The molecule has 0 radical (unpaired) electrons. The molecule has 9 nitrogen and oxygen atoms in total. The lowest BCUT2D eigenvalue weighted by Crippen LogP contribution is -2.32. The van der Waals surface area contributed by atoms with Crippen molar-refractivity contribution in [2.24, 2.45) is 5.92 Å². The average molecular weight is 680 g/mol. The van der Waals surface area contributed by atoms with Crippen LogP contribution in [-0.4, -0.2) is 41.4 Å². The van der Waals surface area contributed by atoms with Crippen molar-refractivity contribution in [1.82, 2.24) is 14.9 Å². The number of pyridine rings is 1. The first-order valence-electron chi connectivity index (χ1n) is 16.8. The highest BCUT2D eigenvalue weighted by atomic mass is 32.1. The molecule has 5 aromatic rings. The predicted molar refractivity (Wildman–Crippen MR) is 192 cm³/mol. The van der Waals surface area contributed by atoms with Crippen LogP contribution >= 0.6 is 11.3 Å². The van der Waals surface area contributed by atoms with Gasteiger partial charge < -0.3 is 24.1 Å². The number of amides is 1. The lowest BCUT2D eigenvalue weighted by Gasteiger charge is -2.22. The molecule has 0 bridgehead atoms. The van der Waals surface area contributed by atoms with Crippen LogP contribution in [0.25, 0.3) is 32.5 Å². The van der Waals surface area contributed by atoms with E-state index in [4.69, 9.17) is 14.2 Å². The molecule has 2 heterocycles. The van der Waals surface area contributed by atoms with Crippen LogP contribution in [0.3, 0.4) is 0 Å². The number of benzene rings is 3. The molecule has 49 heavy (non-hydrogen) atoms. The van der Waals surface area contributed by atoms with Gasteiger partial charge in [0.1, 0.15) is 17.4 Å². The van der Waals surface area contributed by atoms with E-state index in [9.17, 15) is 14.4 Å². The molecule has 0 saturated carbocycles. The third-order valence-electron chi connectivity index (χ3n) is 8.60. The van der Waals surface area contributed by atoms with Gasteiger partial charge in [0.25, 0.3) is 5.56 Å². The lowest BCUT2D eigenvalue weighted by molar-refractivity contribution is 0.0520. The molecule has 1 N–H and O–H groups in total. The van der Waals surface area contributed by atoms with Gasteiger partial charge in [0, 0.05) is 28.8 Å². The number of hydrogen-bond acceptors (Lipinski definition) is 8. The molecule has 1 aliphatic carbocycles. The zero-order chi connectivity index (χ0) is 34.5. The Bertz CT molecular complexity index is 2000. The minimum absolute atomic E-state index is 0.0323. The topological polar surface area (TPSA) is 109 Å². The summed E-state index contributed by atoms with van der Waals surface area (Å²) in [5, 5.41) is 6.33. The summed E-state index contributed by atoms with van der Waals surface area (Å²) in [5.41, 5.74) is 5.95. The Morgan fingerprint density at radius 1 is 0.959 bits per heavy atom. The Balaban J connectivity index is 1.31. The van der Waals surface area contributed by atoms with Gasteiger partial charge in [0.15, 0.2) is 5.69 Å². The summed E-state index contributed by atoms with van der Waals surface area (Å²) >= 11 is 1.32. The van der Waals surface area contributed by atoms with E-state index < -0.39 is 12.1 Å². The standard InChI is InChI=1S/C39H41N3O6S/c1-5-7-18-47-35-31-19-25(36-41-33(23-49-36)38(44)46-6-2)16-17-30(31)37(43)42(21-24(3)4)34(35)20-40-39(45)48-22-32-28-14-10-8-12-26(28)27-13-9-11-15-29(27)32/h8-17,19,23-24,32H,5-7,18,20-22H2,1-4H3,(H,40,45). The van der Waals surface area contributed by atoms with Crippen molar-refractivity contribution in [2.75, 3.05) is 19.8 Å². The number of hydrogen-bond donors (Lipinski definition) is 1. The average Bonchev–Trinajstić information content (AvgIpc) is 3.72. The first-order chi connectivity index (χ1) is 23.8. The van der Waals surface area contributed by atoms with Crippen LogP contribution in [0, 0.1) is 5.92 Å². The summed E-state index contributed by atoms with van der Waals surface area (Å²) in [6.07, 6.45) is 1.17. The number of carbonyl (C=O) groups is 2. The van der Waals surface area contributed by atoms with Crippen LogP contribution in [0.15, 0.2) is 76.9 Å². The van der Waals surface area contributed by atoms with Crippen molar-refractivity contribution >= 4 is 34.2 Å². The molecular formula is C39H41N3O6S. The van der Waals surface area contributed by atoms with E-state index in [-0.39, 0.29) is 42.8 Å². The third kappa shape index (κ3) is 7.10. The van der Waals surface area contributed by atoms with Crippen molar-refractivity contribution < 1.29 is 23.8 Å². The summed E-state index contributed by atoms with van der Waals surface area (Å²) in [4.78, 5) is 44.1. The van der Waals surface area contributed by atoms with Crippen LogP contribution in [0.2, 0.25) is 0 Å². The number of ether oxygens (including phenoxy) is 3. The molecule has 0 saturated heterocycles. The number of nitrogens with zero attached hydrogens (tertiary/aromatic N) is 2. The fraction of sp³-hybridized carbons (Fsp3) is 0.333. The minimum Gasteiger partial charge on any atom is -0.491 e. The van der Waals surface area contributed by atoms with E-state index in [2.05, 4.69) is 41.5 Å². The number of nitrogens with one attached hydrogen (secondary N) is 1. The van der Waals surface area contributed by atoms with Crippen LogP contribution in [0.4, 0.5) is 4.79 Å². The predicted octanol–water partition coefficient (Wildman–Crippen LogP) is 8.18. The van der Waals surface area contributed by atoms with Gasteiger partial charge in [-0.15, -0.1) is 11.3 Å². The summed E-state index contributed by atoms with van der Waals surface area (Å²) < 4.78 is 19.1. The number of aromatic nitrogens is 2. The number of esters is 1. The molecule has 254 valence electrons. The van der Waals surface area contributed by atoms with Crippen LogP contribution < -0.4 is 15.6 Å². The normalized spacial score (nSPS) is 12.2. The Hall–Kier alpha value is -4.96. The SMILES string of the molecule is CCCCOc1c(CNC(=O)OCC2c3ccccc3-c3ccccc32)n(CC(C)C)c(=O)c2ccc(-c3nc(C(=O)OCC)cs3)cc12. The lowest BCUT2D eigenvalue weighted by atomic mass is 9.98. The van der Waals surface area contributed by atoms with E-state index in [1.807, 2.05) is 50.2 Å². The van der Waals surface area contributed by atoms with E-state index in [0.717, 1.165) is 40.7 Å². The summed E-state index contributed by atoms with van der Waals surface area (Å²) in [5.74, 6) is 0.140. The molecule has 6 rings (SSSR count). The monoisotopic (exact) mass is 679 g/mol. The molecule has 1 amide bonds. The van der Waals surface area contributed by atoms with E-state index in [0.29, 0.717) is 40.4 Å². The highest BCUT2D eigenvalue weighted by Gasteiger charge is 2.29. The van der Waals surface area contributed by atoms with Crippen molar-refractivity contribution in [3.05, 3.63) is 105 Å².